The van der Waals surface area contributed by atoms with Crippen molar-refractivity contribution in [3.8, 4) is 0 Å². The first-order valence-electron chi connectivity index (χ1n) is 12.1. The lowest BCUT2D eigenvalue weighted by Crippen LogP contribution is -2.44. The summed E-state index contributed by atoms with van der Waals surface area (Å²) in [6.07, 6.45) is 9.18. The molecule has 2 aliphatic heterocycles. The second kappa shape index (κ2) is 11.2. The molecule has 8 nitrogen and oxygen atoms in total. The molecule has 2 aromatic rings. The second-order valence-corrected chi connectivity index (χ2v) is 11.2. The van der Waals surface area contributed by atoms with Crippen molar-refractivity contribution in [3.05, 3.63) is 83.4 Å². The summed E-state index contributed by atoms with van der Waals surface area (Å²) >= 11 is 0. The number of aliphatic hydroxyl groups excluding tert-OH is 1. The van der Waals surface area contributed by atoms with Crippen molar-refractivity contribution >= 4 is 10.0 Å². The molecule has 36 heavy (non-hydrogen) atoms. The molecule has 4 rings (SSSR count). The molecule has 2 fully saturated rings. The predicted octanol–water partition coefficient (Wildman–Crippen LogP) is 3.78. The molecule has 1 aromatic heterocycles. The van der Waals surface area contributed by atoms with Crippen LogP contribution in [0.3, 0.4) is 0 Å². The summed E-state index contributed by atoms with van der Waals surface area (Å²) in [7, 11) is -3.69. The number of nitrogens with zero attached hydrogens (tertiary/aromatic N) is 3. The Bertz CT molecular complexity index is 1250. The average molecular weight is 518 g/mol. The minimum absolute atomic E-state index is 0.0513. The van der Waals surface area contributed by atoms with Crippen LogP contribution in [0.15, 0.2) is 59.1 Å². The Morgan fingerprint density at radius 1 is 1.33 bits per heavy atom. The normalized spacial score (nSPS) is 22.6. The van der Waals surface area contributed by atoms with Crippen LogP contribution in [0.4, 0.5) is 4.39 Å². The lowest BCUT2D eigenvalue weighted by molar-refractivity contribution is 0.0534. The average Bonchev–Trinajstić information content (AvgIpc) is 3.38. The van der Waals surface area contributed by atoms with E-state index in [0.29, 0.717) is 68.0 Å². The van der Waals surface area contributed by atoms with E-state index in [2.05, 4.69) is 16.8 Å². The van der Waals surface area contributed by atoms with E-state index in [9.17, 15) is 13.5 Å². The summed E-state index contributed by atoms with van der Waals surface area (Å²) in [5.74, 6) is -0.0838. The lowest BCUT2D eigenvalue weighted by Gasteiger charge is -2.35. The number of halogens is 1. The first kappa shape index (κ1) is 26.4. The molecule has 194 valence electrons. The number of ether oxygens (including phenoxy) is 1. The molecule has 2 saturated heterocycles. The minimum atomic E-state index is -3.69. The maximum Gasteiger partial charge on any atom is 0.241 e. The molecule has 3 heterocycles. The van der Waals surface area contributed by atoms with Crippen molar-refractivity contribution in [1.82, 2.24) is 14.5 Å². The largest absolute Gasteiger partial charge is 0.422 e. The smallest absolute Gasteiger partial charge is 0.241 e. The third-order valence-corrected chi connectivity index (χ3v) is 9.25. The van der Waals surface area contributed by atoms with Gasteiger partial charge in [-0.05, 0) is 49.8 Å². The predicted molar refractivity (Wildman–Crippen MR) is 133 cm³/mol. The highest BCUT2D eigenvalue weighted by atomic mass is 32.2. The van der Waals surface area contributed by atoms with Crippen LogP contribution >= 0.6 is 0 Å². The van der Waals surface area contributed by atoms with Crippen LogP contribution in [0.1, 0.15) is 55.5 Å². The van der Waals surface area contributed by atoms with E-state index < -0.39 is 26.5 Å². The van der Waals surface area contributed by atoms with Crippen LogP contribution in [0.25, 0.3) is 0 Å². The first-order chi connectivity index (χ1) is 17.4. The van der Waals surface area contributed by atoms with Gasteiger partial charge < -0.3 is 14.3 Å². The van der Waals surface area contributed by atoms with Crippen molar-refractivity contribution in [2.24, 2.45) is 0 Å². The standard InChI is InChI=1S/C26H32FN3O5S/c1-3-5-7-19(4-2)23-8-6-13-30(36(23,32)33)17-20-9-10-21(16-22(20)27)26(11-14-34-15-12-26)25-29-28-24(18-31)35-25/h3-5,7,9-10,16,23,31H,2,6,8,11-15,17-18H2,1H3/b5-3-,19-7+/t23-/m1/s1. The van der Waals surface area contributed by atoms with Crippen LogP contribution in [-0.2, 0) is 33.3 Å². The van der Waals surface area contributed by atoms with Gasteiger partial charge in [0.25, 0.3) is 0 Å². The number of hydrogen-bond acceptors (Lipinski definition) is 7. The number of benzene rings is 1. The number of aromatic nitrogens is 2. The Labute approximate surface area is 211 Å². The second-order valence-electron chi connectivity index (χ2n) is 9.07. The fourth-order valence-electron chi connectivity index (χ4n) is 4.95. The van der Waals surface area contributed by atoms with E-state index in [4.69, 9.17) is 9.15 Å². The summed E-state index contributed by atoms with van der Waals surface area (Å²) in [4.78, 5) is 0. The van der Waals surface area contributed by atoms with E-state index >= 15 is 4.39 Å². The van der Waals surface area contributed by atoms with E-state index in [-0.39, 0.29) is 19.0 Å². The topological polar surface area (TPSA) is 106 Å². The summed E-state index contributed by atoms with van der Waals surface area (Å²) < 4.78 is 54.8. The molecule has 0 spiro atoms. The molecule has 0 radical (unpaired) electrons. The van der Waals surface area contributed by atoms with Crippen LogP contribution < -0.4 is 0 Å². The van der Waals surface area contributed by atoms with Crippen molar-refractivity contribution in [3.63, 3.8) is 0 Å². The highest BCUT2D eigenvalue weighted by Crippen LogP contribution is 2.41. The third-order valence-electron chi connectivity index (χ3n) is 6.99. The maximum atomic E-state index is 15.5. The highest BCUT2D eigenvalue weighted by molar-refractivity contribution is 7.90. The van der Waals surface area contributed by atoms with E-state index in [1.807, 2.05) is 13.0 Å². The summed E-state index contributed by atoms with van der Waals surface area (Å²) in [6.45, 7) is 6.44. The van der Waals surface area contributed by atoms with Crippen LogP contribution in [0, 0.1) is 5.82 Å². The van der Waals surface area contributed by atoms with Crippen LogP contribution in [-0.4, -0.2) is 53.0 Å². The van der Waals surface area contributed by atoms with Gasteiger partial charge in [0, 0.05) is 31.9 Å². The third kappa shape index (κ3) is 5.08. The molecule has 0 unspecified atom stereocenters. The van der Waals surface area contributed by atoms with E-state index in [1.54, 1.807) is 30.4 Å². The Morgan fingerprint density at radius 2 is 2.11 bits per heavy atom. The number of rotatable bonds is 8. The quantitative estimate of drug-likeness (QED) is 0.531. The molecule has 1 atom stereocenters. The Kier molecular flexibility index (Phi) is 8.19. The van der Waals surface area contributed by atoms with E-state index in [1.165, 1.54) is 10.4 Å². The monoisotopic (exact) mass is 517 g/mol. The minimum Gasteiger partial charge on any atom is -0.422 e. The van der Waals surface area contributed by atoms with Gasteiger partial charge in [-0.2, -0.15) is 4.31 Å². The molecule has 1 aromatic carbocycles. The van der Waals surface area contributed by atoms with Gasteiger partial charge in [0.2, 0.25) is 21.8 Å². The zero-order chi connectivity index (χ0) is 25.8. The molecule has 1 N–H and O–H groups in total. The lowest BCUT2D eigenvalue weighted by atomic mass is 9.74. The summed E-state index contributed by atoms with van der Waals surface area (Å²) in [5, 5.41) is 16.6. The van der Waals surface area contributed by atoms with Crippen molar-refractivity contribution in [2.45, 2.75) is 56.4 Å². The SMILES string of the molecule is C=C/C(=C\C=C/C)[C@H]1CCCN(Cc2ccc(C3(c4nnc(CO)o4)CCOCC3)cc2F)S1(=O)=O. The van der Waals surface area contributed by atoms with Gasteiger partial charge in [-0.3, -0.25) is 0 Å². The highest BCUT2D eigenvalue weighted by Gasteiger charge is 2.42. The number of aliphatic hydroxyl groups is 1. The molecule has 10 heteroatoms. The number of sulfonamides is 1. The van der Waals surface area contributed by atoms with Gasteiger partial charge in [-0.15, -0.1) is 10.2 Å². The molecule has 0 amide bonds. The Morgan fingerprint density at radius 3 is 2.75 bits per heavy atom. The van der Waals surface area contributed by atoms with Gasteiger partial charge >= 0.3 is 0 Å². The summed E-state index contributed by atoms with van der Waals surface area (Å²) in [6, 6.07) is 4.86. The van der Waals surface area contributed by atoms with Gasteiger partial charge in [0.15, 0.2) is 0 Å². The number of allylic oxidation sites excluding steroid dienone is 4. The van der Waals surface area contributed by atoms with Crippen molar-refractivity contribution < 1.29 is 27.1 Å². The van der Waals surface area contributed by atoms with Crippen molar-refractivity contribution in [2.75, 3.05) is 19.8 Å². The van der Waals surface area contributed by atoms with Gasteiger partial charge in [-0.25, -0.2) is 12.8 Å². The number of hydrogen-bond donors (Lipinski definition) is 1. The van der Waals surface area contributed by atoms with Crippen LogP contribution in [0.5, 0.6) is 0 Å². The molecule has 0 saturated carbocycles. The van der Waals surface area contributed by atoms with Crippen LogP contribution in [0.2, 0.25) is 0 Å². The summed E-state index contributed by atoms with van der Waals surface area (Å²) in [5.41, 5.74) is 0.848. The molecule has 0 aliphatic carbocycles. The van der Waals surface area contributed by atoms with Crippen molar-refractivity contribution in [1.29, 1.82) is 0 Å². The Hall–Kier alpha value is -2.66. The first-order valence-corrected chi connectivity index (χ1v) is 13.6. The molecule has 0 bridgehead atoms. The zero-order valence-electron chi connectivity index (χ0n) is 20.4. The Balaban J connectivity index is 1.62. The maximum absolute atomic E-state index is 15.5. The molecular weight excluding hydrogens is 485 g/mol. The van der Waals surface area contributed by atoms with Gasteiger partial charge in [-0.1, -0.05) is 43.0 Å². The fraction of sp³-hybridized carbons (Fsp3) is 0.462. The fourth-order valence-corrected chi connectivity index (χ4v) is 7.00. The molecule has 2 aliphatic rings. The van der Waals surface area contributed by atoms with Gasteiger partial charge in [0.05, 0.1) is 5.41 Å². The van der Waals surface area contributed by atoms with E-state index in [0.717, 1.165) is 0 Å². The molecular formula is C26H32FN3O5S. The zero-order valence-corrected chi connectivity index (χ0v) is 21.2. The van der Waals surface area contributed by atoms with Gasteiger partial charge in [0.1, 0.15) is 17.7 Å².